The molecule has 2 saturated heterocycles. The number of amides is 1. The number of hydrogen-bond acceptors (Lipinski definition) is 6. The summed E-state index contributed by atoms with van der Waals surface area (Å²) in [7, 11) is 2.08. The van der Waals surface area contributed by atoms with Gasteiger partial charge in [0.1, 0.15) is 5.69 Å². The molecule has 0 radical (unpaired) electrons. The molecule has 2 aromatic carbocycles. The van der Waals surface area contributed by atoms with Crippen LogP contribution in [0.5, 0.6) is 0 Å². The lowest BCUT2D eigenvalue weighted by atomic mass is 9.96. The van der Waals surface area contributed by atoms with Gasteiger partial charge in [0.15, 0.2) is 11.7 Å². The minimum absolute atomic E-state index is 0.181. The summed E-state index contributed by atoms with van der Waals surface area (Å²) in [6, 6.07) is 9.97. The minimum atomic E-state index is -4.46. The van der Waals surface area contributed by atoms with E-state index in [0.717, 1.165) is 38.1 Å². The first kappa shape index (κ1) is 26.2. The Morgan fingerprint density at radius 3 is 2.42 bits per heavy atom. The Hall–Kier alpha value is -4.06. The molecule has 0 atom stereocenters. The number of carbonyl (C=O) groups is 1. The SMILES string of the molecule is C=C(F)C(=O)N1CC(n2nc(-c3ccc(C(F)(F)F)cc3)c3cccc(-c4nc(C5CCN(C)CC5)no4)c32)C1. The van der Waals surface area contributed by atoms with Crippen molar-refractivity contribution in [2.45, 2.75) is 31.0 Å². The van der Waals surface area contributed by atoms with Crippen LogP contribution in [0, 0.1) is 0 Å². The van der Waals surface area contributed by atoms with Crippen LogP contribution in [0.25, 0.3) is 33.6 Å². The number of nitrogens with zero attached hydrogens (tertiary/aromatic N) is 6. The standard InChI is InChI=1S/C28H26F4N6O2/c1-16(29)27(39)37-14-20(15-37)38-24-21(23(34-38)17-6-8-19(9-7-17)28(30,31)32)4-3-5-22(24)26-33-25(35-40-26)18-10-12-36(2)13-11-18/h3-9,18,20H,1,10-15H2,2H3. The van der Waals surface area contributed by atoms with Crippen molar-refractivity contribution >= 4 is 16.8 Å². The number of aromatic nitrogens is 4. The van der Waals surface area contributed by atoms with Crippen molar-refractivity contribution in [3.63, 3.8) is 0 Å². The van der Waals surface area contributed by atoms with Gasteiger partial charge in [0.05, 0.1) is 22.7 Å². The number of benzene rings is 2. The maximum atomic E-state index is 13.4. The molecule has 2 aliphatic heterocycles. The van der Waals surface area contributed by atoms with Crippen LogP contribution in [0.15, 0.2) is 59.4 Å². The van der Waals surface area contributed by atoms with Gasteiger partial charge in [-0.3, -0.25) is 9.48 Å². The molecule has 0 saturated carbocycles. The highest BCUT2D eigenvalue weighted by molar-refractivity contribution is 6.00. The van der Waals surface area contributed by atoms with Gasteiger partial charge < -0.3 is 14.3 Å². The first-order chi connectivity index (χ1) is 19.1. The molecule has 0 aliphatic carbocycles. The van der Waals surface area contributed by atoms with E-state index in [2.05, 4.69) is 23.7 Å². The third-order valence-corrected chi connectivity index (χ3v) is 7.70. The fraction of sp³-hybridized carbons (Fsp3) is 0.357. The number of para-hydroxylation sites is 1. The summed E-state index contributed by atoms with van der Waals surface area (Å²) < 4.78 is 60.4. The molecular formula is C28H26F4N6O2. The zero-order valence-electron chi connectivity index (χ0n) is 21.7. The predicted molar refractivity (Wildman–Crippen MR) is 139 cm³/mol. The fourth-order valence-corrected chi connectivity index (χ4v) is 5.38. The zero-order chi connectivity index (χ0) is 28.2. The Labute approximate surface area is 226 Å². The Morgan fingerprint density at radius 1 is 1.07 bits per heavy atom. The largest absolute Gasteiger partial charge is 0.416 e. The number of rotatable bonds is 5. The predicted octanol–water partition coefficient (Wildman–Crippen LogP) is 5.45. The van der Waals surface area contributed by atoms with Crippen molar-refractivity contribution < 1.29 is 26.9 Å². The molecule has 1 amide bonds. The normalized spacial score (nSPS) is 17.4. The molecule has 4 heterocycles. The number of halogens is 4. The van der Waals surface area contributed by atoms with E-state index >= 15 is 0 Å². The third-order valence-electron chi connectivity index (χ3n) is 7.70. The second-order valence-electron chi connectivity index (χ2n) is 10.4. The molecule has 4 aromatic rings. The van der Waals surface area contributed by atoms with Crippen molar-refractivity contribution in [1.29, 1.82) is 0 Å². The Kier molecular flexibility index (Phi) is 6.44. The third kappa shape index (κ3) is 4.66. The average Bonchev–Trinajstić information content (AvgIpc) is 3.54. The van der Waals surface area contributed by atoms with E-state index in [4.69, 9.17) is 14.6 Å². The summed E-state index contributed by atoms with van der Waals surface area (Å²) >= 11 is 0. The molecule has 0 unspecified atom stereocenters. The summed E-state index contributed by atoms with van der Waals surface area (Å²) in [5.74, 6) is -0.696. The summed E-state index contributed by atoms with van der Waals surface area (Å²) in [5.41, 5.74) is 1.48. The van der Waals surface area contributed by atoms with Gasteiger partial charge in [-0.1, -0.05) is 36.0 Å². The van der Waals surface area contributed by atoms with E-state index in [1.165, 1.54) is 17.0 Å². The highest BCUT2D eigenvalue weighted by Crippen LogP contribution is 2.39. The number of fused-ring (bicyclic) bond motifs is 1. The maximum Gasteiger partial charge on any atom is 0.416 e. The quantitative estimate of drug-likeness (QED) is 0.241. The molecule has 0 spiro atoms. The maximum absolute atomic E-state index is 13.4. The number of hydrogen-bond donors (Lipinski definition) is 0. The lowest BCUT2D eigenvalue weighted by molar-refractivity contribution is -0.137. The van der Waals surface area contributed by atoms with Gasteiger partial charge in [0, 0.05) is 30.0 Å². The number of likely N-dealkylation sites (tertiary alicyclic amines) is 2. The fourth-order valence-electron chi connectivity index (χ4n) is 5.38. The van der Waals surface area contributed by atoms with Crippen molar-refractivity contribution in [3.05, 3.63) is 66.3 Å². The summed E-state index contributed by atoms with van der Waals surface area (Å²) in [6.07, 6.45) is -2.62. The molecule has 0 bridgehead atoms. The van der Waals surface area contributed by atoms with Crippen LogP contribution in [-0.4, -0.2) is 68.9 Å². The molecule has 208 valence electrons. The number of piperidine rings is 1. The zero-order valence-corrected chi connectivity index (χ0v) is 21.7. The first-order valence-corrected chi connectivity index (χ1v) is 12.9. The van der Waals surface area contributed by atoms with Crippen LogP contribution in [0.1, 0.15) is 36.2 Å². The van der Waals surface area contributed by atoms with Gasteiger partial charge in [0.25, 0.3) is 11.8 Å². The van der Waals surface area contributed by atoms with E-state index in [1.807, 2.05) is 12.1 Å². The molecule has 0 N–H and O–H groups in total. The summed E-state index contributed by atoms with van der Waals surface area (Å²) in [4.78, 5) is 20.4. The van der Waals surface area contributed by atoms with Crippen LogP contribution in [-0.2, 0) is 11.0 Å². The Bertz CT molecular complexity index is 1580. The van der Waals surface area contributed by atoms with Crippen molar-refractivity contribution in [2.24, 2.45) is 0 Å². The molecule has 2 fully saturated rings. The molecule has 12 heteroatoms. The van der Waals surface area contributed by atoms with Crippen molar-refractivity contribution in [2.75, 3.05) is 33.2 Å². The van der Waals surface area contributed by atoms with Crippen LogP contribution < -0.4 is 0 Å². The van der Waals surface area contributed by atoms with Crippen molar-refractivity contribution in [3.8, 4) is 22.7 Å². The average molecular weight is 555 g/mol. The Morgan fingerprint density at radius 2 is 1.77 bits per heavy atom. The molecular weight excluding hydrogens is 528 g/mol. The topological polar surface area (TPSA) is 80.3 Å². The van der Waals surface area contributed by atoms with Crippen LogP contribution in [0.3, 0.4) is 0 Å². The van der Waals surface area contributed by atoms with E-state index in [0.29, 0.717) is 39.4 Å². The second-order valence-corrected chi connectivity index (χ2v) is 10.4. The van der Waals surface area contributed by atoms with Gasteiger partial charge in [-0.15, -0.1) is 0 Å². The van der Waals surface area contributed by atoms with Gasteiger partial charge >= 0.3 is 6.18 Å². The lowest BCUT2D eigenvalue weighted by Gasteiger charge is -2.39. The highest BCUT2D eigenvalue weighted by Gasteiger charge is 2.36. The van der Waals surface area contributed by atoms with Crippen molar-refractivity contribution in [1.82, 2.24) is 29.7 Å². The van der Waals surface area contributed by atoms with Crippen LogP contribution in [0.2, 0.25) is 0 Å². The molecule has 2 aromatic heterocycles. The lowest BCUT2D eigenvalue weighted by Crippen LogP contribution is -2.51. The van der Waals surface area contributed by atoms with Gasteiger partial charge in [-0.25, -0.2) is 4.39 Å². The highest BCUT2D eigenvalue weighted by atomic mass is 19.4. The van der Waals surface area contributed by atoms with Gasteiger partial charge in [-0.05, 0) is 51.2 Å². The summed E-state index contributed by atoms with van der Waals surface area (Å²) in [5, 5.41) is 9.73. The Balaban J connectivity index is 1.42. The van der Waals surface area contributed by atoms with E-state index < -0.39 is 23.5 Å². The number of alkyl halides is 3. The summed E-state index contributed by atoms with van der Waals surface area (Å²) in [6.45, 7) is 5.36. The van der Waals surface area contributed by atoms with E-state index in [1.54, 1.807) is 10.7 Å². The first-order valence-electron chi connectivity index (χ1n) is 12.9. The van der Waals surface area contributed by atoms with Gasteiger partial charge in [-0.2, -0.15) is 23.3 Å². The van der Waals surface area contributed by atoms with Crippen LogP contribution >= 0.6 is 0 Å². The molecule has 2 aliphatic rings. The van der Waals surface area contributed by atoms with Crippen LogP contribution in [0.4, 0.5) is 17.6 Å². The number of carbonyl (C=O) groups excluding carboxylic acids is 1. The molecule has 6 rings (SSSR count). The monoisotopic (exact) mass is 554 g/mol. The molecule has 8 nitrogen and oxygen atoms in total. The smallest absolute Gasteiger partial charge is 0.334 e. The van der Waals surface area contributed by atoms with E-state index in [9.17, 15) is 22.4 Å². The van der Waals surface area contributed by atoms with Gasteiger partial charge in [0.2, 0.25) is 0 Å². The second kappa shape index (κ2) is 9.84. The molecule has 40 heavy (non-hydrogen) atoms. The van der Waals surface area contributed by atoms with E-state index in [-0.39, 0.29) is 25.0 Å². The minimum Gasteiger partial charge on any atom is -0.334 e.